The molecule has 0 aliphatic rings. The Hall–Kier alpha value is -3.05. The van der Waals surface area contributed by atoms with Crippen molar-refractivity contribution >= 4 is 23.4 Å². The molecule has 0 bridgehead atoms. The number of nitro groups is 1. The topological polar surface area (TPSA) is 134 Å². The van der Waals surface area contributed by atoms with Crippen LogP contribution in [0.1, 0.15) is 12.0 Å². The number of nitro benzene ring substituents is 1. The van der Waals surface area contributed by atoms with Crippen molar-refractivity contribution in [3.8, 4) is 0 Å². The molecule has 0 unspecified atom stereocenters. The van der Waals surface area contributed by atoms with Gasteiger partial charge in [0.1, 0.15) is 5.69 Å². The summed E-state index contributed by atoms with van der Waals surface area (Å²) in [5, 5.41) is 26.5. The van der Waals surface area contributed by atoms with Crippen LogP contribution in [0.2, 0.25) is 0 Å². The molecule has 0 radical (unpaired) electrons. The van der Waals surface area contributed by atoms with Gasteiger partial charge in [0.05, 0.1) is 16.9 Å². The fraction of sp³-hybridized carbons (Fsp3) is 0.385. The van der Waals surface area contributed by atoms with E-state index in [1.807, 2.05) is 0 Å². The SMILES string of the molecule is O=C(O)CCNC(=O)NCCNc1ccc(C(F)(F)F)cc1[N+](=O)[O-]. The molecule has 0 fully saturated rings. The van der Waals surface area contributed by atoms with Crippen molar-refractivity contribution in [3.05, 3.63) is 33.9 Å². The van der Waals surface area contributed by atoms with Crippen molar-refractivity contribution < 1.29 is 32.8 Å². The number of halogens is 3. The van der Waals surface area contributed by atoms with Gasteiger partial charge < -0.3 is 21.1 Å². The molecule has 4 N–H and O–H groups in total. The number of aliphatic carboxylic acids is 1. The molecule has 1 aromatic rings. The van der Waals surface area contributed by atoms with Crippen LogP contribution >= 0.6 is 0 Å². The van der Waals surface area contributed by atoms with Gasteiger partial charge in [0.2, 0.25) is 0 Å². The molecule has 9 nitrogen and oxygen atoms in total. The molecule has 0 aromatic heterocycles. The van der Waals surface area contributed by atoms with Crippen LogP contribution in [-0.4, -0.2) is 41.7 Å². The number of benzene rings is 1. The number of carboxylic acids is 1. The fourth-order valence-electron chi connectivity index (χ4n) is 1.73. The Balaban J connectivity index is 2.53. The van der Waals surface area contributed by atoms with Crippen LogP contribution < -0.4 is 16.0 Å². The highest BCUT2D eigenvalue weighted by Gasteiger charge is 2.32. The third-order valence-electron chi connectivity index (χ3n) is 2.87. The average molecular weight is 364 g/mol. The van der Waals surface area contributed by atoms with E-state index >= 15 is 0 Å². The quantitative estimate of drug-likeness (QED) is 0.316. The summed E-state index contributed by atoms with van der Waals surface area (Å²) in [6.07, 6.45) is -4.94. The number of anilines is 1. The number of carbonyl (C=O) groups excluding carboxylic acids is 1. The second-order valence-electron chi connectivity index (χ2n) is 4.74. The molecule has 0 saturated carbocycles. The molecule has 12 heteroatoms. The molecule has 2 amide bonds. The molecular weight excluding hydrogens is 349 g/mol. The summed E-state index contributed by atoms with van der Waals surface area (Å²) < 4.78 is 37.7. The van der Waals surface area contributed by atoms with Crippen molar-refractivity contribution in [1.82, 2.24) is 10.6 Å². The second-order valence-corrected chi connectivity index (χ2v) is 4.74. The van der Waals surface area contributed by atoms with Gasteiger partial charge in [-0.1, -0.05) is 0 Å². The first-order chi connectivity index (χ1) is 11.6. The average Bonchev–Trinajstić information content (AvgIpc) is 2.50. The zero-order chi connectivity index (χ0) is 19.0. The smallest absolute Gasteiger partial charge is 0.416 e. The van der Waals surface area contributed by atoms with Crippen LogP contribution in [0.15, 0.2) is 18.2 Å². The molecule has 0 heterocycles. The van der Waals surface area contributed by atoms with Crippen molar-refractivity contribution in [2.24, 2.45) is 0 Å². The van der Waals surface area contributed by atoms with Crippen LogP contribution in [-0.2, 0) is 11.0 Å². The Morgan fingerprint density at radius 1 is 1.16 bits per heavy atom. The van der Waals surface area contributed by atoms with Gasteiger partial charge in [-0.25, -0.2) is 4.79 Å². The van der Waals surface area contributed by atoms with Crippen LogP contribution in [0, 0.1) is 10.1 Å². The van der Waals surface area contributed by atoms with E-state index in [0.29, 0.717) is 12.1 Å². The number of rotatable bonds is 8. The monoisotopic (exact) mass is 364 g/mol. The number of hydrogen-bond donors (Lipinski definition) is 4. The molecule has 1 aromatic carbocycles. The number of nitrogens with zero attached hydrogens (tertiary/aromatic N) is 1. The first-order valence-electron chi connectivity index (χ1n) is 6.94. The lowest BCUT2D eigenvalue weighted by atomic mass is 10.1. The summed E-state index contributed by atoms with van der Waals surface area (Å²) >= 11 is 0. The van der Waals surface area contributed by atoms with E-state index in [1.165, 1.54) is 0 Å². The van der Waals surface area contributed by atoms with E-state index in [9.17, 15) is 32.9 Å². The van der Waals surface area contributed by atoms with Gasteiger partial charge in [0.15, 0.2) is 0 Å². The molecule has 0 spiro atoms. The van der Waals surface area contributed by atoms with Gasteiger partial charge >= 0.3 is 18.2 Å². The van der Waals surface area contributed by atoms with Gasteiger partial charge in [-0.3, -0.25) is 14.9 Å². The summed E-state index contributed by atoms with van der Waals surface area (Å²) in [6, 6.07) is 1.44. The Labute approximate surface area is 139 Å². The first-order valence-corrected chi connectivity index (χ1v) is 6.94. The minimum atomic E-state index is -4.70. The Morgan fingerprint density at radius 3 is 2.36 bits per heavy atom. The van der Waals surface area contributed by atoms with Gasteiger partial charge in [-0.15, -0.1) is 0 Å². The number of nitrogens with one attached hydrogen (secondary N) is 3. The highest BCUT2D eigenvalue weighted by Crippen LogP contribution is 2.34. The second kappa shape index (κ2) is 8.70. The van der Waals surface area contributed by atoms with Crippen LogP contribution in [0.3, 0.4) is 0 Å². The summed E-state index contributed by atoms with van der Waals surface area (Å²) in [5.41, 5.74) is -1.99. The zero-order valence-electron chi connectivity index (χ0n) is 12.7. The highest BCUT2D eigenvalue weighted by atomic mass is 19.4. The van der Waals surface area contributed by atoms with Crippen molar-refractivity contribution in [2.45, 2.75) is 12.6 Å². The van der Waals surface area contributed by atoms with Crippen LogP contribution in [0.25, 0.3) is 0 Å². The number of carboxylic acid groups (broad SMARTS) is 1. The zero-order valence-corrected chi connectivity index (χ0v) is 12.7. The molecule has 0 aliphatic heterocycles. The number of carbonyl (C=O) groups is 2. The molecule has 0 saturated heterocycles. The van der Waals surface area contributed by atoms with E-state index in [4.69, 9.17) is 5.11 Å². The van der Waals surface area contributed by atoms with Gasteiger partial charge in [0, 0.05) is 25.7 Å². The lowest BCUT2D eigenvalue weighted by Gasteiger charge is -2.11. The summed E-state index contributed by atoms with van der Waals surface area (Å²) in [5.74, 6) is -1.07. The predicted octanol–water partition coefficient (Wildman–Crippen LogP) is 1.80. The molecule has 0 aliphatic carbocycles. The Bertz CT molecular complexity index is 651. The maximum Gasteiger partial charge on any atom is 0.416 e. The van der Waals surface area contributed by atoms with Crippen molar-refractivity contribution in [2.75, 3.05) is 25.0 Å². The number of urea groups is 1. The number of alkyl halides is 3. The minimum Gasteiger partial charge on any atom is -0.481 e. The molecule has 0 atom stereocenters. The van der Waals surface area contributed by atoms with Crippen molar-refractivity contribution in [1.29, 1.82) is 0 Å². The van der Waals surface area contributed by atoms with E-state index in [-0.39, 0.29) is 31.7 Å². The number of amides is 2. The van der Waals surface area contributed by atoms with E-state index in [0.717, 1.165) is 6.07 Å². The minimum absolute atomic E-state index is 0.0110. The molecule has 25 heavy (non-hydrogen) atoms. The largest absolute Gasteiger partial charge is 0.481 e. The molecular formula is C13H15F3N4O5. The Morgan fingerprint density at radius 2 is 1.80 bits per heavy atom. The Kier molecular flexibility index (Phi) is 6.96. The van der Waals surface area contributed by atoms with E-state index in [1.54, 1.807) is 0 Å². The predicted molar refractivity (Wildman–Crippen MR) is 80.2 cm³/mol. The molecule has 138 valence electrons. The van der Waals surface area contributed by atoms with E-state index < -0.39 is 34.4 Å². The third kappa shape index (κ3) is 6.93. The van der Waals surface area contributed by atoms with E-state index in [2.05, 4.69) is 16.0 Å². The number of hydrogen-bond acceptors (Lipinski definition) is 5. The lowest BCUT2D eigenvalue weighted by Crippen LogP contribution is -2.38. The first kappa shape index (κ1) is 20.0. The normalized spacial score (nSPS) is 10.8. The fourth-order valence-corrected chi connectivity index (χ4v) is 1.73. The van der Waals surface area contributed by atoms with Crippen LogP contribution in [0.4, 0.5) is 29.3 Å². The summed E-state index contributed by atoms with van der Waals surface area (Å²) in [4.78, 5) is 31.5. The van der Waals surface area contributed by atoms with Crippen molar-refractivity contribution in [3.63, 3.8) is 0 Å². The maximum atomic E-state index is 12.6. The summed E-state index contributed by atoms with van der Waals surface area (Å²) in [7, 11) is 0. The third-order valence-corrected chi connectivity index (χ3v) is 2.87. The van der Waals surface area contributed by atoms with Gasteiger partial charge in [0.25, 0.3) is 5.69 Å². The van der Waals surface area contributed by atoms with Gasteiger partial charge in [-0.05, 0) is 12.1 Å². The standard InChI is InChI=1S/C13H15F3N4O5/c14-13(15,16)8-1-2-9(10(7-8)20(24)25)17-5-6-19-12(23)18-4-3-11(21)22/h1-2,7,17H,3-6H2,(H,21,22)(H2,18,19,23). The lowest BCUT2D eigenvalue weighted by molar-refractivity contribution is -0.384. The van der Waals surface area contributed by atoms with Crippen LogP contribution in [0.5, 0.6) is 0 Å². The highest BCUT2D eigenvalue weighted by molar-refractivity contribution is 5.75. The van der Waals surface area contributed by atoms with Gasteiger partial charge in [-0.2, -0.15) is 13.2 Å². The molecule has 1 rings (SSSR count). The maximum absolute atomic E-state index is 12.6. The summed E-state index contributed by atoms with van der Waals surface area (Å²) in [6.45, 7) is -0.0470.